The van der Waals surface area contributed by atoms with Gasteiger partial charge in [0.15, 0.2) is 5.03 Å². The van der Waals surface area contributed by atoms with Crippen LogP contribution in [0.15, 0.2) is 53.9 Å². The zero-order valence-electron chi connectivity index (χ0n) is 20.8. The number of imide groups is 1. The van der Waals surface area contributed by atoms with Gasteiger partial charge in [-0.25, -0.2) is 10.1 Å². The van der Waals surface area contributed by atoms with Gasteiger partial charge in [-0.1, -0.05) is 0 Å². The van der Waals surface area contributed by atoms with Gasteiger partial charge in [-0.15, -0.1) is 0 Å². The molecule has 0 unspecified atom stereocenters. The fourth-order valence-corrected chi connectivity index (χ4v) is 4.77. The van der Waals surface area contributed by atoms with E-state index >= 15 is 0 Å². The molecular weight excluding hydrogens is 542 g/mol. The van der Waals surface area contributed by atoms with Crippen molar-refractivity contribution in [2.24, 2.45) is 10.8 Å². The summed E-state index contributed by atoms with van der Waals surface area (Å²) in [6.07, 6.45) is 3.43. The topological polar surface area (TPSA) is 247 Å². The Morgan fingerprint density at radius 3 is 2.22 bits per heavy atom. The number of hydrazone groups is 1. The molecule has 17 nitrogen and oxygen atoms in total. The first-order valence-electron chi connectivity index (χ1n) is 11.9. The Labute approximate surface area is 227 Å². The quantitative estimate of drug-likeness (QED) is 0.0577. The van der Waals surface area contributed by atoms with E-state index in [0.717, 1.165) is 0 Å². The van der Waals surface area contributed by atoms with Crippen LogP contribution >= 0.6 is 0 Å². The van der Waals surface area contributed by atoms with Crippen molar-refractivity contribution in [1.29, 1.82) is 0 Å². The normalized spacial score (nSPS) is 13.7. The second-order valence-electron chi connectivity index (χ2n) is 8.92. The van der Waals surface area contributed by atoms with Gasteiger partial charge in [0.2, 0.25) is 0 Å². The van der Waals surface area contributed by atoms with Crippen LogP contribution in [0.3, 0.4) is 0 Å². The van der Waals surface area contributed by atoms with Gasteiger partial charge in [-0.2, -0.15) is 0 Å². The van der Waals surface area contributed by atoms with Gasteiger partial charge in [-0.05, 0) is 18.6 Å². The lowest BCUT2D eigenvalue weighted by atomic mass is 9.95. The van der Waals surface area contributed by atoms with E-state index in [1.54, 1.807) is 10.8 Å². The Bertz CT molecular complexity index is 1870. The number of benzene rings is 2. The van der Waals surface area contributed by atoms with Crippen LogP contribution in [0.4, 0.5) is 11.4 Å². The van der Waals surface area contributed by atoms with Crippen molar-refractivity contribution in [1.82, 2.24) is 20.2 Å². The molecule has 1 aliphatic heterocycles. The fourth-order valence-electron chi connectivity index (χ4n) is 4.77. The highest BCUT2D eigenvalue weighted by Gasteiger charge is 2.35. The molecule has 41 heavy (non-hydrogen) atoms. The largest absolute Gasteiger partial charge is 0.365 e. The molecule has 208 valence electrons. The predicted octanol–water partition coefficient (Wildman–Crippen LogP) is 1.99. The second-order valence-corrected chi connectivity index (χ2v) is 8.92. The number of nitrogens with two attached hydrogens (primary N) is 1. The highest BCUT2D eigenvalue weighted by Crippen LogP contribution is 2.39. The molecule has 0 atom stereocenters. The van der Waals surface area contributed by atoms with E-state index in [1.807, 2.05) is 0 Å². The third-order valence-corrected chi connectivity index (χ3v) is 6.49. The molecule has 0 saturated carbocycles. The van der Waals surface area contributed by atoms with Gasteiger partial charge < -0.3 is 20.6 Å². The Morgan fingerprint density at radius 2 is 1.56 bits per heavy atom. The lowest BCUT2D eigenvalue weighted by Crippen LogP contribution is -2.33. The monoisotopic (exact) mass is 561 g/mol. The van der Waals surface area contributed by atoms with Crippen LogP contribution < -0.4 is 16.4 Å². The van der Waals surface area contributed by atoms with Crippen LogP contribution in [0.1, 0.15) is 17.5 Å². The first-order chi connectivity index (χ1) is 19.5. The van der Waals surface area contributed by atoms with Crippen molar-refractivity contribution in [2.75, 3.05) is 6.54 Å². The van der Waals surface area contributed by atoms with Gasteiger partial charge in [0.25, 0.3) is 29.1 Å². The molecule has 0 radical (unpaired) electrons. The van der Waals surface area contributed by atoms with E-state index in [-0.39, 0.29) is 46.2 Å². The summed E-state index contributed by atoms with van der Waals surface area (Å²) >= 11 is 0. The summed E-state index contributed by atoms with van der Waals surface area (Å²) in [5.41, 5.74) is 6.39. The Hall–Kier alpha value is -6.13. The third-order valence-electron chi connectivity index (χ3n) is 6.49. The molecule has 0 fully saturated rings. The number of carbonyl (C=O) groups excluding carboxylic acids is 2. The maximum absolute atomic E-state index is 13.2. The zero-order valence-corrected chi connectivity index (χ0v) is 20.8. The number of guanidine groups is 1. The molecule has 5 rings (SSSR count). The first-order valence-corrected chi connectivity index (χ1v) is 11.9. The Morgan fingerprint density at radius 1 is 0.927 bits per heavy atom. The number of nitro benzene ring substituents is 2. The zero-order chi connectivity index (χ0) is 29.4. The van der Waals surface area contributed by atoms with Gasteiger partial charge in [0.1, 0.15) is 5.10 Å². The van der Waals surface area contributed by atoms with Crippen molar-refractivity contribution in [2.45, 2.75) is 13.0 Å². The van der Waals surface area contributed by atoms with E-state index in [0.29, 0.717) is 34.8 Å². The maximum atomic E-state index is 13.2. The standard InChI is InChI=1S/C24H19N9O8/c25-24(29-33(40)41)26-6-1-7-30-11-17(15-9-13(32(38)39)3-5-19(15)30)21-20(22(34)28-23(21)35)16-10-27-18-4-2-12(31(36)37)8-14(16)18/h2-5,8-11,27H,1,6-7H2,(H3,25,26,29)(H,28,34,35). The van der Waals surface area contributed by atoms with E-state index < -0.39 is 26.7 Å². The molecule has 1 aliphatic rings. The molecular formula is C24H19N9O8. The minimum absolute atomic E-state index is 0.0438. The number of hydrogen-bond donors (Lipinski definition) is 4. The van der Waals surface area contributed by atoms with Crippen LogP contribution in [-0.2, 0) is 16.1 Å². The van der Waals surface area contributed by atoms with Crippen LogP contribution in [0.5, 0.6) is 0 Å². The first kappa shape index (κ1) is 26.5. The number of aryl methyl sites for hydroxylation is 1. The average molecular weight is 561 g/mol. The molecule has 0 aliphatic carbocycles. The SMILES string of the molecule is NC(=N[N+](=O)[O-])NCCCn1cc(C2=C(c3c[nH]c4ccc([N+](=O)[O-])cc34)C(=O)NC2=O)c2cc([N+](=O)[O-])ccc21. The lowest BCUT2D eigenvalue weighted by Gasteiger charge is -2.06. The minimum Gasteiger partial charge on any atom is -0.365 e. The summed E-state index contributed by atoms with van der Waals surface area (Å²) in [5, 5.41) is 40.9. The number of nitrogens with one attached hydrogen (secondary N) is 3. The fraction of sp³-hybridized carbons (Fsp3) is 0.125. The third kappa shape index (κ3) is 4.89. The highest BCUT2D eigenvalue weighted by molar-refractivity contribution is 6.50. The lowest BCUT2D eigenvalue weighted by molar-refractivity contribution is -0.485. The summed E-state index contributed by atoms with van der Waals surface area (Å²) in [4.78, 5) is 61.4. The molecule has 0 saturated heterocycles. The molecule has 3 heterocycles. The van der Waals surface area contributed by atoms with E-state index in [9.17, 15) is 39.9 Å². The number of aromatic amines is 1. The van der Waals surface area contributed by atoms with Crippen molar-refractivity contribution in [3.8, 4) is 0 Å². The second kappa shape index (κ2) is 10.2. The molecule has 0 bridgehead atoms. The highest BCUT2D eigenvalue weighted by atomic mass is 16.7. The predicted molar refractivity (Wildman–Crippen MR) is 145 cm³/mol. The number of rotatable bonds is 9. The summed E-state index contributed by atoms with van der Waals surface area (Å²) in [6.45, 7) is 0.497. The number of fused-ring (bicyclic) bond motifs is 2. The number of non-ortho nitro benzene ring substituents is 2. The molecule has 4 aromatic rings. The average Bonchev–Trinajstić information content (AvgIpc) is 3.57. The van der Waals surface area contributed by atoms with E-state index in [2.05, 4.69) is 20.7 Å². The van der Waals surface area contributed by atoms with E-state index in [4.69, 9.17) is 5.73 Å². The molecule has 2 aromatic carbocycles. The smallest absolute Gasteiger partial charge is 0.270 e. The van der Waals surface area contributed by atoms with Crippen LogP contribution in [-0.4, -0.2) is 48.7 Å². The Balaban J connectivity index is 1.64. The van der Waals surface area contributed by atoms with Crippen molar-refractivity contribution >= 4 is 62.1 Å². The van der Waals surface area contributed by atoms with Gasteiger partial charge in [-0.3, -0.25) is 35.1 Å². The molecule has 0 spiro atoms. The number of nitro groups is 3. The number of nitrogens with zero attached hydrogens (tertiary/aromatic N) is 5. The van der Waals surface area contributed by atoms with Crippen molar-refractivity contribution in [3.05, 3.63) is 90.3 Å². The Kier molecular flexibility index (Phi) is 6.59. The van der Waals surface area contributed by atoms with Gasteiger partial charge in [0, 0.05) is 82.7 Å². The summed E-state index contributed by atoms with van der Waals surface area (Å²) < 4.78 is 1.72. The van der Waals surface area contributed by atoms with Crippen molar-refractivity contribution in [3.63, 3.8) is 0 Å². The molecule has 2 aromatic heterocycles. The van der Waals surface area contributed by atoms with Crippen molar-refractivity contribution < 1.29 is 24.5 Å². The molecule has 2 amide bonds. The van der Waals surface area contributed by atoms with Gasteiger partial charge >= 0.3 is 0 Å². The maximum Gasteiger partial charge on any atom is 0.270 e. The van der Waals surface area contributed by atoms with Crippen LogP contribution in [0.2, 0.25) is 0 Å². The van der Waals surface area contributed by atoms with E-state index in [1.165, 1.54) is 42.6 Å². The number of H-pyrrole nitrogens is 1. The summed E-state index contributed by atoms with van der Waals surface area (Å²) in [5.74, 6) is -1.84. The van der Waals surface area contributed by atoms with Crippen LogP contribution in [0.25, 0.3) is 33.0 Å². The van der Waals surface area contributed by atoms with Gasteiger partial charge in [0.05, 0.1) is 21.0 Å². The number of carbonyl (C=O) groups is 2. The minimum atomic E-state index is -0.938. The molecule has 17 heteroatoms. The summed E-state index contributed by atoms with van der Waals surface area (Å²) in [7, 11) is 0. The summed E-state index contributed by atoms with van der Waals surface area (Å²) in [6, 6.07) is 8.18. The molecule has 5 N–H and O–H groups in total. The number of amides is 2. The number of aromatic nitrogens is 2. The number of hydrogen-bond acceptors (Lipinski definition) is 8. The van der Waals surface area contributed by atoms with Crippen LogP contribution in [0, 0.1) is 30.3 Å².